The summed E-state index contributed by atoms with van der Waals surface area (Å²) in [5.41, 5.74) is 7.68. The molecule has 1 saturated carbocycles. The van der Waals surface area contributed by atoms with Crippen LogP contribution < -0.4 is 16.2 Å². The number of H-pyrrole nitrogens is 2. The lowest BCUT2D eigenvalue weighted by Gasteiger charge is -2.26. The molecule has 2 heterocycles. The predicted octanol–water partition coefficient (Wildman–Crippen LogP) is 4.38. The van der Waals surface area contributed by atoms with Gasteiger partial charge in [-0.25, -0.2) is 0 Å². The molecule has 4 N–H and O–H groups in total. The number of rotatable bonds is 9. The topological polar surface area (TPSA) is 89.8 Å². The van der Waals surface area contributed by atoms with Gasteiger partial charge in [-0.3, -0.25) is 9.59 Å². The fraction of sp³-hybridized carbons (Fsp3) is 0.481. The number of hydrogen-bond acceptors (Lipinski definition) is 3. The third-order valence-corrected chi connectivity index (χ3v) is 7.03. The number of aromatic nitrogens is 2. The Balaban J connectivity index is 1.69. The number of aryl methyl sites for hydroxylation is 3. The van der Waals surface area contributed by atoms with E-state index in [0.717, 1.165) is 53.5 Å². The average molecular weight is 449 g/mol. The van der Waals surface area contributed by atoms with Gasteiger partial charge in [0.1, 0.15) is 0 Å². The van der Waals surface area contributed by atoms with Crippen LogP contribution in [-0.2, 0) is 19.4 Å². The maximum absolute atomic E-state index is 13.5. The smallest absolute Gasteiger partial charge is 0.253 e. The first-order chi connectivity index (χ1) is 15.9. The van der Waals surface area contributed by atoms with Crippen LogP contribution in [0.2, 0.25) is 0 Å². The summed E-state index contributed by atoms with van der Waals surface area (Å²) >= 11 is 0. The molecule has 0 saturated heterocycles. The van der Waals surface area contributed by atoms with E-state index in [9.17, 15) is 9.59 Å². The fourth-order valence-corrected chi connectivity index (χ4v) is 4.97. The molecule has 1 fully saturated rings. The van der Waals surface area contributed by atoms with E-state index < -0.39 is 0 Å². The maximum Gasteiger partial charge on any atom is 0.253 e. The molecule has 1 aromatic carbocycles. The summed E-state index contributed by atoms with van der Waals surface area (Å²) in [6.07, 6.45) is 6.26. The first kappa shape index (κ1) is 23.3. The van der Waals surface area contributed by atoms with Crippen molar-refractivity contribution in [2.45, 2.75) is 71.8 Å². The molecule has 2 aromatic heterocycles. The zero-order valence-electron chi connectivity index (χ0n) is 20.3. The van der Waals surface area contributed by atoms with Gasteiger partial charge in [-0.2, -0.15) is 0 Å². The summed E-state index contributed by atoms with van der Waals surface area (Å²) in [6, 6.07) is 6.33. The van der Waals surface area contributed by atoms with Gasteiger partial charge in [-0.05, 0) is 81.0 Å². The molecule has 0 radical (unpaired) electrons. The van der Waals surface area contributed by atoms with Gasteiger partial charge in [0.25, 0.3) is 11.5 Å². The second kappa shape index (κ2) is 9.96. The van der Waals surface area contributed by atoms with E-state index in [1.165, 1.54) is 30.5 Å². The molecule has 6 nitrogen and oxygen atoms in total. The highest BCUT2D eigenvalue weighted by Crippen LogP contribution is 2.39. The number of amides is 1. The Labute approximate surface area is 195 Å². The number of hydrogen-bond donors (Lipinski definition) is 4. The minimum absolute atomic E-state index is 0.112. The van der Waals surface area contributed by atoms with Crippen molar-refractivity contribution in [2.75, 3.05) is 13.6 Å². The van der Waals surface area contributed by atoms with Gasteiger partial charge >= 0.3 is 0 Å². The summed E-state index contributed by atoms with van der Waals surface area (Å²) in [7, 11) is 1.95. The predicted molar refractivity (Wildman–Crippen MR) is 134 cm³/mol. The third-order valence-electron chi connectivity index (χ3n) is 7.03. The number of aromatic amines is 2. The standard InChI is InChI=1S/C27H36N4O2/c1-5-7-19-12-16(2)30-27(33)22(19)15-29-26(32)21-13-20(18-8-6-9-18)14-24-25(21)17(3)23(31-24)10-11-28-4/h12-14,18,28,31H,5-11,15H2,1-4H3,(H,29,32)(H,30,33). The third kappa shape index (κ3) is 4.76. The van der Waals surface area contributed by atoms with Gasteiger partial charge in [0.2, 0.25) is 0 Å². The Hall–Kier alpha value is -2.86. The Morgan fingerprint density at radius 3 is 2.58 bits per heavy atom. The van der Waals surface area contributed by atoms with E-state index >= 15 is 0 Å². The van der Waals surface area contributed by atoms with E-state index in [1.807, 2.05) is 20.0 Å². The summed E-state index contributed by atoms with van der Waals surface area (Å²) in [6.45, 7) is 7.19. The van der Waals surface area contributed by atoms with E-state index in [1.54, 1.807) is 0 Å². The molecule has 0 atom stereocenters. The highest BCUT2D eigenvalue weighted by molar-refractivity contribution is 6.08. The summed E-state index contributed by atoms with van der Waals surface area (Å²) in [4.78, 5) is 32.6. The SMILES string of the molecule is CCCc1cc(C)[nH]c(=O)c1CNC(=O)c1cc(C2CCC2)cc2[nH]c(CCNC)c(C)c12. The molecule has 0 bridgehead atoms. The molecule has 1 amide bonds. The Kier molecular flexibility index (Phi) is 7.03. The average Bonchev–Trinajstić information content (AvgIpc) is 3.05. The van der Waals surface area contributed by atoms with Crippen LogP contribution in [0, 0.1) is 13.8 Å². The number of pyridine rings is 1. The van der Waals surface area contributed by atoms with E-state index in [2.05, 4.69) is 46.6 Å². The number of carbonyl (C=O) groups is 1. The van der Waals surface area contributed by atoms with Crippen molar-refractivity contribution >= 4 is 16.8 Å². The molecule has 1 aliphatic rings. The lowest BCUT2D eigenvalue weighted by molar-refractivity contribution is 0.0952. The Morgan fingerprint density at radius 1 is 1.12 bits per heavy atom. The molecular weight excluding hydrogens is 412 g/mol. The van der Waals surface area contributed by atoms with Crippen LogP contribution in [0.5, 0.6) is 0 Å². The molecule has 176 valence electrons. The molecule has 3 aromatic rings. The second-order valence-corrected chi connectivity index (χ2v) is 9.42. The molecule has 0 spiro atoms. The first-order valence-corrected chi connectivity index (χ1v) is 12.2. The van der Waals surface area contributed by atoms with Crippen LogP contribution >= 0.6 is 0 Å². The lowest BCUT2D eigenvalue weighted by atomic mass is 9.79. The monoisotopic (exact) mass is 448 g/mol. The van der Waals surface area contributed by atoms with Crippen LogP contribution in [0.4, 0.5) is 0 Å². The zero-order chi connectivity index (χ0) is 23.5. The summed E-state index contributed by atoms with van der Waals surface area (Å²) in [5.74, 6) is 0.410. The van der Waals surface area contributed by atoms with Gasteiger partial charge in [-0.15, -0.1) is 0 Å². The van der Waals surface area contributed by atoms with Crippen molar-refractivity contribution in [1.29, 1.82) is 0 Å². The highest BCUT2D eigenvalue weighted by atomic mass is 16.1. The van der Waals surface area contributed by atoms with Crippen molar-refractivity contribution in [3.8, 4) is 0 Å². The van der Waals surface area contributed by atoms with Gasteiger partial charge in [0, 0.05) is 52.9 Å². The van der Waals surface area contributed by atoms with Crippen molar-refractivity contribution < 1.29 is 4.79 Å². The van der Waals surface area contributed by atoms with E-state index in [4.69, 9.17) is 0 Å². The van der Waals surface area contributed by atoms with Crippen LogP contribution in [0.3, 0.4) is 0 Å². The van der Waals surface area contributed by atoms with Crippen molar-refractivity contribution in [3.63, 3.8) is 0 Å². The second-order valence-electron chi connectivity index (χ2n) is 9.42. The number of nitrogens with one attached hydrogen (secondary N) is 4. The fourth-order valence-electron chi connectivity index (χ4n) is 4.97. The van der Waals surface area contributed by atoms with Crippen molar-refractivity contribution in [3.05, 3.63) is 67.8 Å². The molecule has 0 unspecified atom stereocenters. The van der Waals surface area contributed by atoms with Crippen molar-refractivity contribution in [1.82, 2.24) is 20.6 Å². The van der Waals surface area contributed by atoms with E-state index in [0.29, 0.717) is 17.0 Å². The minimum Gasteiger partial charge on any atom is -0.358 e. The van der Waals surface area contributed by atoms with Crippen LogP contribution in [-0.4, -0.2) is 29.5 Å². The molecule has 6 heteroatoms. The van der Waals surface area contributed by atoms with Gasteiger partial charge < -0.3 is 20.6 Å². The van der Waals surface area contributed by atoms with Crippen molar-refractivity contribution in [2.24, 2.45) is 0 Å². The van der Waals surface area contributed by atoms with Gasteiger partial charge in [0.05, 0.1) is 0 Å². The number of fused-ring (bicyclic) bond motifs is 1. The molecule has 0 aliphatic heterocycles. The minimum atomic E-state index is -0.120. The number of likely N-dealkylation sites (N-methyl/N-ethyl adjacent to an activating group) is 1. The summed E-state index contributed by atoms with van der Waals surface area (Å²) in [5, 5.41) is 7.26. The largest absolute Gasteiger partial charge is 0.358 e. The molecule has 4 rings (SSSR count). The lowest BCUT2D eigenvalue weighted by Crippen LogP contribution is -2.28. The van der Waals surface area contributed by atoms with Gasteiger partial charge in [-0.1, -0.05) is 19.8 Å². The molecular formula is C27H36N4O2. The Bertz CT molecular complexity index is 1220. The summed E-state index contributed by atoms with van der Waals surface area (Å²) < 4.78 is 0. The van der Waals surface area contributed by atoms with Crippen LogP contribution in [0.25, 0.3) is 10.9 Å². The zero-order valence-corrected chi connectivity index (χ0v) is 20.3. The molecule has 1 aliphatic carbocycles. The normalized spacial score (nSPS) is 13.9. The van der Waals surface area contributed by atoms with Crippen LogP contribution in [0.15, 0.2) is 23.0 Å². The quantitative estimate of drug-likeness (QED) is 0.391. The van der Waals surface area contributed by atoms with Crippen LogP contribution in [0.1, 0.15) is 82.5 Å². The number of benzene rings is 1. The number of carbonyl (C=O) groups excluding carboxylic acids is 1. The first-order valence-electron chi connectivity index (χ1n) is 12.2. The van der Waals surface area contributed by atoms with Gasteiger partial charge in [0.15, 0.2) is 0 Å². The maximum atomic E-state index is 13.5. The van der Waals surface area contributed by atoms with E-state index in [-0.39, 0.29) is 18.0 Å². The highest BCUT2D eigenvalue weighted by Gasteiger charge is 2.24. The molecule has 33 heavy (non-hydrogen) atoms. The Morgan fingerprint density at radius 2 is 1.91 bits per heavy atom.